The highest BCUT2D eigenvalue weighted by Gasteiger charge is 2.18. The number of ketones is 1. The Labute approximate surface area is 163 Å². The molecule has 0 atom stereocenters. The van der Waals surface area contributed by atoms with E-state index >= 15 is 0 Å². The maximum atomic E-state index is 12.7. The summed E-state index contributed by atoms with van der Waals surface area (Å²) < 4.78 is 0. The van der Waals surface area contributed by atoms with E-state index in [2.05, 4.69) is 10.5 Å². The molecule has 3 aromatic carbocycles. The zero-order valence-corrected chi connectivity index (χ0v) is 15.4. The zero-order valence-electron chi connectivity index (χ0n) is 15.4. The second-order valence-corrected chi connectivity index (χ2v) is 6.37. The molecule has 0 saturated carbocycles. The number of nitrogens with one attached hydrogen (secondary N) is 1. The van der Waals surface area contributed by atoms with Crippen molar-refractivity contribution in [3.8, 4) is 5.75 Å². The van der Waals surface area contributed by atoms with Gasteiger partial charge >= 0.3 is 0 Å². The molecule has 1 heterocycles. The van der Waals surface area contributed by atoms with Crippen molar-refractivity contribution in [2.45, 2.75) is 0 Å². The Morgan fingerprint density at radius 2 is 1.68 bits per heavy atom. The Morgan fingerprint density at radius 1 is 0.964 bits per heavy atom. The number of allylic oxidation sites excluding steroid dienone is 1. The molecule has 138 valence electrons. The fourth-order valence-electron chi connectivity index (χ4n) is 2.84. The number of hydroxylamine groups is 1. The van der Waals surface area contributed by atoms with Crippen LogP contribution in [0.25, 0.3) is 6.08 Å². The Morgan fingerprint density at radius 3 is 2.46 bits per heavy atom. The van der Waals surface area contributed by atoms with Gasteiger partial charge in [0, 0.05) is 23.9 Å². The third kappa shape index (κ3) is 3.78. The van der Waals surface area contributed by atoms with Crippen LogP contribution in [0.4, 0.5) is 11.4 Å². The Balaban J connectivity index is 1.47. The van der Waals surface area contributed by atoms with Gasteiger partial charge < -0.3 is 9.74 Å². The van der Waals surface area contributed by atoms with E-state index in [1.54, 1.807) is 24.5 Å². The van der Waals surface area contributed by atoms with Crippen LogP contribution in [0.15, 0.2) is 89.6 Å². The Hall–Kier alpha value is -3.86. The summed E-state index contributed by atoms with van der Waals surface area (Å²) >= 11 is 0. The van der Waals surface area contributed by atoms with Crippen molar-refractivity contribution in [3.05, 3.63) is 95.7 Å². The van der Waals surface area contributed by atoms with Crippen LogP contribution in [0.5, 0.6) is 5.75 Å². The molecule has 4 rings (SSSR count). The predicted molar refractivity (Wildman–Crippen MR) is 112 cm³/mol. The van der Waals surface area contributed by atoms with Crippen LogP contribution in [-0.2, 0) is 0 Å². The van der Waals surface area contributed by atoms with E-state index in [1.807, 2.05) is 78.7 Å². The highest BCUT2D eigenvalue weighted by atomic mass is 16.6. The molecule has 1 N–H and O–H groups in total. The van der Waals surface area contributed by atoms with Crippen molar-refractivity contribution < 1.29 is 9.63 Å². The van der Waals surface area contributed by atoms with Crippen LogP contribution in [0.1, 0.15) is 15.9 Å². The van der Waals surface area contributed by atoms with E-state index in [1.165, 1.54) is 0 Å². The first kappa shape index (κ1) is 17.5. The monoisotopic (exact) mass is 369 g/mol. The summed E-state index contributed by atoms with van der Waals surface area (Å²) in [6, 6.07) is 24.7. The predicted octanol–water partition coefficient (Wildman–Crippen LogP) is 4.60. The number of carbonyl (C=O) groups is 1. The molecule has 3 aromatic rings. The topological polar surface area (TPSA) is 53.9 Å². The van der Waals surface area contributed by atoms with Gasteiger partial charge in [-0.1, -0.05) is 36.4 Å². The van der Waals surface area contributed by atoms with Crippen LogP contribution >= 0.6 is 0 Å². The average Bonchev–Trinajstić information content (AvgIpc) is 2.77. The van der Waals surface area contributed by atoms with Gasteiger partial charge in [0.05, 0.1) is 12.0 Å². The number of carbonyl (C=O) groups excluding carboxylic acids is 1. The first-order chi connectivity index (χ1) is 13.7. The number of aliphatic imine (C=N–C) groups is 1. The number of hydrogen-bond acceptors (Lipinski definition) is 4. The highest BCUT2D eigenvalue weighted by Crippen LogP contribution is 2.25. The molecule has 0 unspecified atom stereocenters. The molecule has 0 aromatic heterocycles. The van der Waals surface area contributed by atoms with E-state index in [0.29, 0.717) is 17.0 Å². The van der Waals surface area contributed by atoms with E-state index in [-0.39, 0.29) is 5.78 Å². The summed E-state index contributed by atoms with van der Waals surface area (Å²) in [5.41, 5.74) is 6.38. The molecular formula is C23H19N3O2. The van der Waals surface area contributed by atoms with Crippen molar-refractivity contribution in [2.24, 2.45) is 4.99 Å². The molecule has 5 nitrogen and oxygen atoms in total. The van der Waals surface area contributed by atoms with Crippen LogP contribution in [0.2, 0.25) is 0 Å². The van der Waals surface area contributed by atoms with Gasteiger partial charge in [-0.3, -0.25) is 4.79 Å². The number of anilines is 1. The summed E-state index contributed by atoms with van der Waals surface area (Å²) in [6.45, 7) is 0. The van der Waals surface area contributed by atoms with Crippen molar-refractivity contribution in [1.29, 1.82) is 0 Å². The standard InChI is InChI=1S/C23H19N3O2/c1-26(20-8-3-2-4-9-20)16-24-19-13-11-17(12-14-19)23(27)21-15-18-7-5-6-10-22(18)28-25-21/h2-16,25H,1H3. The summed E-state index contributed by atoms with van der Waals surface area (Å²) in [7, 11) is 1.94. The van der Waals surface area contributed by atoms with Crippen molar-refractivity contribution >= 4 is 29.6 Å². The molecular weight excluding hydrogens is 350 g/mol. The number of fused-ring (bicyclic) bond motifs is 1. The molecule has 5 heteroatoms. The quantitative estimate of drug-likeness (QED) is 0.406. The Kier molecular flexibility index (Phi) is 4.89. The first-order valence-electron chi connectivity index (χ1n) is 8.91. The average molecular weight is 369 g/mol. The van der Waals surface area contributed by atoms with Crippen molar-refractivity contribution in [3.63, 3.8) is 0 Å². The van der Waals surface area contributed by atoms with Gasteiger partial charge in [-0.05, 0) is 48.5 Å². The van der Waals surface area contributed by atoms with Gasteiger partial charge in [0.25, 0.3) is 0 Å². The normalized spacial score (nSPS) is 12.5. The second-order valence-electron chi connectivity index (χ2n) is 6.37. The summed E-state index contributed by atoms with van der Waals surface area (Å²) in [6.07, 6.45) is 3.55. The molecule has 0 fully saturated rings. The van der Waals surface area contributed by atoms with E-state index in [4.69, 9.17) is 4.84 Å². The SMILES string of the molecule is CN(C=Nc1ccc(C(=O)C2=Cc3ccccc3ON2)cc1)c1ccccc1. The molecule has 0 spiro atoms. The highest BCUT2D eigenvalue weighted by molar-refractivity contribution is 6.11. The van der Waals surface area contributed by atoms with Crippen molar-refractivity contribution in [1.82, 2.24) is 5.48 Å². The maximum absolute atomic E-state index is 12.7. The number of hydrogen-bond donors (Lipinski definition) is 1. The minimum Gasteiger partial charge on any atom is -0.381 e. The fraction of sp³-hybridized carbons (Fsp3) is 0.0435. The van der Waals surface area contributed by atoms with E-state index in [9.17, 15) is 4.79 Å². The van der Waals surface area contributed by atoms with Gasteiger partial charge in [0.15, 0.2) is 5.75 Å². The van der Waals surface area contributed by atoms with Crippen LogP contribution < -0.4 is 15.2 Å². The molecule has 0 radical (unpaired) electrons. The van der Waals surface area contributed by atoms with Gasteiger partial charge in [-0.15, -0.1) is 0 Å². The minimum atomic E-state index is -0.133. The number of benzene rings is 3. The van der Waals surface area contributed by atoms with Gasteiger partial charge in [0.2, 0.25) is 5.78 Å². The first-order valence-corrected chi connectivity index (χ1v) is 8.91. The van der Waals surface area contributed by atoms with Crippen LogP contribution in [0.3, 0.4) is 0 Å². The largest absolute Gasteiger partial charge is 0.381 e. The lowest BCUT2D eigenvalue weighted by Crippen LogP contribution is -2.26. The third-order valence-corrected chi connectivity index (χ3v) is 4.41. The molecule has 0 saturated heterocycles. The molecule has 28 heavy (non-hydrogen) atoms. The van der Waals surface area contributed by atoms with Gasteiger partial charge in [0.1, 0.15) is 5.70 Å². The molecule has 0 amide bonds. The number of Topliss-reactive ketones (excluding diaryl/α,β-unsaturated/α-hetero) is 1. The van der Waals surface area contributed by atoms with Gasteiger partial charge in [-0.2, -0.15) is 0 Å². The summed E-state index contributed by atoms with van der Waals surface area (Å²) in [5, 5.41) is 0. The molecule has 1 aliphatic rings. The van der Waals surface area contributed by atoms with E-state index < -0.39 is 0 Å². The van der Waals surface area contributed by atoms with Crippen LogP contribution in [-0.4, -0.2) is 19.2 Å². The van der Waals surface area contributed by atoms with E-state index in [0.717, 1.165) is 16.9 Å². The number of nitrogens with zero attached hydrogens (tertiary/aromatic N) is 2. The fourth-order valence-corrected chi connectivity index (χ4v) is 2.84. The molecule has 0 bridgehead atoms. The molecule has 1 aliphatic heterocycles. The summed E-state index contributed by atoms with van der Waals surface area (Å²) in [5.74, 6) is 0.567. The number of rotatable bonds is 5. The maximum Gasteiger partial charge on any atom is 0.212 e. The number of para-hydroxylation sites is 2. The Bertz CT molecular complexity index is 1040. The summed E-state index contributed by atoms with van der Waals surface area (Å²) in [4.78, 5) is 24.6. The minimum absolute atomic E-state index is 0.133. The lowest BCUT2D eigenvalue weighted by molar-refractivity contribution is 0.0988. The third-order valence-electron chi connectivity index (χ3n) is 4.41. The van der Waals surface area contributed by atoms with Crippen LogP contribution in [0, 0.1) is 0 Å². The van der Waals surface area contributed by atoms with Gasteiger partial charge in [-0.25, -0.2) is 10.5 Å². The lowest BCUT2D eigenvalue weighted by Gasteiger charge is -2.18. The smallest absolute Gasteiger partial charge is 0.212 e. The lowest BCUT2D eigenvalue weighted by atomic mass is 10.0. The van der Waals surface area contributed by atoms with Crippen molar-refractivity contribution in [2.75, 3.05) is 11.9 Å². The second kappa shape index (κ2) is 7.80. The molecule has 0 aliphatic carbocycles. The zero-order chi connectivity index (χ0) is 19.3.